The molecule has 1 unspecified atom stereocenters. The molecule has 0 bridgehead atoms. The Morgan fingerprint density at radius 3 is 2.76 bits per heavy atom. The lowest BCUT2D eigenvalue weighted by molar-refractivity contribution is 0.447. The summed E-state index contributed by atoms with van der Waals surface area (Å²) in [7, 11) is 0. The highest BCUT2D eigenvalue weighted by molar-refractivity contribution is 7.10. The van der Waals surface area contributed by atoms with Crippen LogP contribution in [0.1, 0.15) is 41.7 Å². The minimum absolute atomic E-state index is 0.217. The van der Waals surface area contributed by atoms with Crippen LogP contribution in [0.2, 0.25) is 0 Å². The van der Waals surface area contributed by atoms with Crippen molar-refractivity contribution in [1.29, 1.82) is 0 Å². The number of nitrogens with one attached hydrogen (secondary N) is 1. The average Bonchev–Trinajstić information content (AvgIpc) is 3.07. The van der Waals surface area contributed by atoms with Crippen LogP contribution in [-0.2, 0) is 13.0 Å². The second kappa shape index (κ2) is 6.04. The lowest BCUT2D eigenvalue weighted by atomic mass is 10.0. The molecule has 0 amide bonds. The quantitative estimate of drug-likeness (QED) is 0.699. The minimum Gasteiger partial charge on any atom is -0.459 e. The molecule has 21 heavy (non-hydrogen) atoms. The van der Waals surface area contributed by atoms with Gasteiger partial charge in [0.2, 0.25) is 0 Å². The van der Waals surface area contributed by atoms with Crippen LogP contribution in [0.4, 0.5) is 0 Å². The zero-order valence-electron chi connectivity index (χ0n) is 12.8. The van der Waals surface area contributed by atoms with Gasteiger partial charge in [-0.15, -0.1) is 11.3 Å². The summed E-state index contributed by atoms with van der Waals surface area (Å²) in [6, 6.07) is 10.7. The monoisotopic (exact) mass is 299 g/mol. The maximum atomic E-state index is 6.09. The van der Waals surface area contributed by atoms with E-state index in [1.807, 2.05) is 23.5 Å². The highest BCUT2D eigenvalue weighted by atomic mass is 32.1. The molecule has 1 N–H and O–H groups in total. The van der Waals surface area contributed by atoms with Crippen molar-refractivity contribution in [2.75, 3.05) is 0 Å². The first-order valence-electron chi connectivity index (χ1n) is 7.47. The van der Waals surface area contributed by atoms with Gasteiger partial charge in [0.15, 0.2) is 0 Å². The Bertz CT molecular complexity index is 741. The largest absolute Gasteiger partial charge is 0.459 e. The Balaban J connectivity index is 1.84. The number of hydrogen-bond donors (Lipinski definition) is 1. The summed E-state index contributed by atoms with van der Waals surface area (Å²) in [6.45, 7) is 7.43. The molecule has 3 rings (SSSR count). The number of thiophene rings is 1. The van der Waals surface area contributed by atoms with Gasteiger partial charge in [-0.25, -0.2) is 0 Å². The molecule has 0 spiro atoms. The van der Waals surface area contributed by atoms with Crippen molar-refractivity contribution < 1.29 is 4.42 Å². The number of furan rings is 1. The van der Waals surface area contributed by atoms with Gasteiger partial charge < -0.3 is 9.73 Å². The van der Waals surface area contributed by atoms with Crippen LogP contribution < -0.4 is 5.32 Å². The maximum absolute atomic E-state index is 6.09. The molecule has 3 heteroatoms. The summed E-state index contributed by atoms with van der Waals surface area (Å²) in [5, 5.41) is 6.99. The predicted octanol–water partition coefficient (Wildman–Crippen LogP) is 5.22. The molecule has 1 aromatic carbocycles. The average molecular weight is 299 g/mol. The smallest absolute Gasteiger partial charge is 0.134 e. The van der Waals surface area contributed by atoms with E-state index in [0.29, 0.717) is 0 Å². The highest BCUT2D eigenvalue weighted by Gasteiger charge is 2.18. The van der Waals surface area contributed by atoms with E-state index >= 15 is 0 Å². The summed E-state index contributed by atoms with van der Waals surface area (Å²) in [6.07, 6.45) is 0.996. The van der Waals surface area contributed by atoms with Gasteiger partial charge in [0.05, 0.1) is 6.04 Å². The Morgan fingerprint density at radius 1 is 1.24 bits per heavy atom. The molecule has 3 aromatic rings. The molecule has 1 atom stereocenters. The molecular formula is C18H21NOS. The summed E-state index contributed by atoms with van der Waals surface area (Å²) in [5.41, 5.74) is 3.68. The number of benzene rings is 1. The van der Waals surface area contributed by atoms with Crippen molar-refractivity contribution in [2.45, 2.75) is 39.8 Å². The molecule has 0 saturated carbocycles. The molecule has 2 aromatic heterocycles. The van der Waals surface area contributed by atoms with Gasteiger partial charge in [-0.3, -0.25) is 0 Å². The molecule has 0 aliphatic heterocycles. The van der Waals surface area contributed by atoms with E-state index in [2.05, 4.69) is 49.7 Å². The van der Waals surface area contributed by atoms with Gasteiger partial charge in [0.1, 0.15) is 11.3 Å². The van der Waals surface area contributed by atoms with Crippen LogP contribution in [0, 0.1) is 6.92 Å². The summed E-state index contributed by atoms with van der Waals surface area (Å²) in [5.74, 6) is 1.08. The number of hydrogen-bond acceptors (Lipinski definition) is 3. The third kappa shape index (κ3) is 2.76. The van der Waals surface area contributed by atoms with Gasteiger partial charge in [-0.2, -0.15) is 0 Å². The van der Waals surface area contributed by atoms with E-state index in [0.717, 1.165) is 24.3 Å². The van der Waals surface area contributed by atoms with Crippen LogP contribution in [0.5, 0.6) is 0 Å². The fourth-order valence-electron chi connectivity index (χ4n) is 2.76. The highest BCUT2D eigenvalue weighted by Crippen LogP contribution is 2.30. The lowest BCUT2D eigenvalue weighted by Gasteiger charge is -2.13. The van der Waals surface area contributed by atoms with Crippen LogP contribution in [0.25, 0.3) is 11.0 Å². The normalized spacial score (nSPS) is 12.9. The van der Waals surface area contributed by atoms with E-state index in [9.17, 15) is 0 Å². The molecule has 0 saturated heterocycles. The van der Waals surface area contributed by atoms with Crippen LogP contribution in [0.15, 0.2) is 40.1 Å². The molecule has 0 aliphatic rings. The Labute approximate surface area is 129 Å². The molecule has 2 heterocycles. The topological polar surface area (TPSA) is 25.2 Å². The predicted molar refractivity (Wildman–Crippen MR) is 89.9 cm³/mol. The fraction of sp³-hybridized carbons (Fsp3) is 0.333. The molecule has 2 nitrogen and oxygen atoms in total. The molecule has 0 radical (unpaired) electrons. The Kier molecular flexibility index (Phi) is 4.13. The zero-order valence-corrected chi connectivity index (χ0v) is 13.6. The number of fused-ring (bicyclic) bond motifs is 1. The standard InChI is InChI=1S/C18H21NOS/c1-4-14-15-7-5-6-8-16(15)20-18(14)13(3)19-11-17-12(2)9-10-21-17/h5-10,13,19H,4,11H2,1-3H3. The van der Waals surface area contributed by atoms with Crippen LogP contribution in [0.3, 0.4) is 0 Å². The van der Waals surface area contributed by atoms with E-state index in [4.69, 9.17) is 4.42 Å². The number of rotatable bonds is 5. The SMILES string of the molecule is CCc1c(C(C)NCc2sccc2C)oc2ccccc12. The first kappa shape index (κ1) is 14.4. The molecule has 110 valence electrons. The van der Waals surface area contributed by atoms with Crippen LogP contribution in [-0.4, -0.2) is 0 Å². The van der Waals surface area contributed by atoms with E-state index in [1.54, 1.807) is 0 Å². The summed E-state index contributed by atoms with van der Waals surface area (Å²) >= 11 is 1.81. The Hall–Kier alpha value is -1.58. The van der Waals surface area contributed by atoms with Gasteiger partial charge in [-0.05, 0) is 43.3 Å². The Morgan fingerprint density at radius 2 is 2.05 bits per heavy atom. The maximum Gasteiger partial charge on any atom is 0.134 e. The summed E-state index contributed by atoms with van der Waals surface area (Å²) in [4.78, 5) is 1.40. The fourth-order valence-corrected chi connectivity index (χ4v) is 3.61. The van der Waals surface area contributed by atoms with Crippen molar-refractivity contribution in [2.24, 2.45) is 0 Å². The summed E-state index contributed by atoms with van der Waals surface area (Å²) < 4.78 is 6.09. The third-order valence-electron chi connectivity index (χ3n) is 4.01. The van der Waals surface area contributed by atoms with Crippen molar-refractivity contribution in [3.63, 3.8) is 0 Å². The van der Waals surface area contributed by atoms with Crippen molar-refractivity contribution >= 4 is 22.3 Å². The van der Waals surface area contributed by atoms with E-state index in [-0.39, 0.29) is 6.04 Å². The van der Waals surface area contributed by atoms with E-state index in [1.165, 1.54) is 21.4 Å². The van der Waals surface area contributed by atoms with Crippen molar-refractivity contribution in [3.05, 3.63) is 57.5 Å². The third-order valence-corrected chi connectivity index (χ3v) is 5.04. The van der Waals surface area contributed by atoms with Gasteiger partial charge in [0, 0.05) is 22.4 Å². The minimum atomic E-state index is 0.217. The van der Waals surface area contributed by atoms with Gasteiger partial charge in [-0.1, -0.05) is 25.1 Å². The van der Waals surface area contributed by atoms with Crippen molar-refractivity contribution in [1.82, 2.24) is 5.32 Å². The zero-order chi connectivity index (χ0) is 14.8. The number of aryl methyl sites for hydroxylation is 2. The lowest BCUT2D eigenvalue weighted by Crippen LogP contribution is -2.18. The van der Waals surface area contributed by atoms with Crippen molar-refractivity contribution in [3.8, 4) is 0 Å². The second-order valence-electron chi connectivity index (χ2n) is 5.42. The van der Waals surface area contributed by atoms with Crippen LogP contribution >= 0.6 is 11.3 Å². The van der Waals surface area contributed by atoms with E-state index < -0.39 is 0 Å². The van der Waals surface area contributed by atoms with Gasteiger partial charge in [0.25, 0.3) is 0 Å². The number of para-hydroxylation sites is 1. The second-order valence-corrected chi connectivity index (χ2v) is 6.42. The molecular weight excluding hydrogens is 278 g/mol. The molecule has 0 fully saturated rings. The molecule has 0 aliphatic carbocycles. The van der Waals surface area contributed by atoms with Gasteiger partial charge >= 0.3 is 0 Å². The first-order chi connectivity index (χ1) is 10.2. The first-order valence-corrected chi connectivity index (χ1v) is 8.35.